The molecule has 0 aromatic carbocycles. The van der Waals surface area contributed by atoms with E-state index in [4.69, 9.17) is 0 Å². The number of aliphatic hydroxyl groups excluding tert-OH is 1. The summed E-state index contributed by atoms with van der Waals surface area (Å²) in [6.07, 6.45) is 11.0. The van der Waals surface area contributed by atoms with E-state index in [1.54, 1.807) is 0 Å². The summed E-state index contributed by atoms with van der Waals surface area (Å²) in [7, 11) is 0. The lowest BCUT2D eigenvalue weighted by Gasteiger charge is -2.60. The van der Waals surface area contributed by atoms with Crippen molar-refractivity contribution in [3.63, 3.8) is 0 Å². The van der Waals surface area contributed by atoms with Crippen LogP contribution in [0, 0.1) is 51.8 Å². The van der Waals surface area contributed by atoms with Gasteiger partial charge >= 0.3 is 0 Å². The summed E-state index contributed by atoms with van der Waals surface area (Å²) in [5, 5.41) is 19.6. The normalized spacial score (nSPS) is 57.4. The average Bonchev–Trinajstić information content (AvgIpc) is 2.82. The van der Waals surface area contributed by atoms with E-state index >= 15 is 0 Å². The van der Waals surface area contributed by atoms with Crippen LogP contribution in [0.1, 0.15) is 71.6 Å². The summed E-state index contributed by atoms with van der Waals surface area (Å²) in [4.78, 5) is 0. The third-order valence-electron chi connectivity index (χ3n) is 8.74. The molecule has 0 radical (unpaired) electrons. The number of hydrogen-bond acceptors (Lipinski definition) is 2. The molecule has 0 heterocycles. The topological polar surface area (TPSA) is 44.0 Å². The summed E-state index contributed by atoms with van der Waals surface area (Å²) in [5.41, 5.74) is 0.765. The molecule has 0 bridgehead atoms. The molecule has 122 valence electrons. The van der Waals surface area contributed by atoms with Gasteiger partial charge in [-0.25, -0.2) is 0 Å². The van der Waals surface area contributed by atoms with Crippen molar-refractivity contribution in [2.24, 2.45) is 40.4 Å². The Balaban J connectivity index is 1.61. The van der Waals surface area contributed by atoms with Gasteiger partial charge in [-0.05, 0) is 92.3 Å². The minimum Gasteiger partial charge on any atom is -0.393 e. The Morgan fingerprint density at radius 3 is 2.45 bits per heavy atom. The highest BCUT2D eigenvalue weighted by Gasteiger charge is 2.59. The molecule has 4 saturated carbocycles. The number of rotatable bonds is 0. The predicted octanol–water partition coefficient (Wildman–Crippen LogP) is 4.53. The van der Waals surface area contributed by atoms with Gasteiger partial charge in [0.1, 0.15) is 0 Å². The molecule has 0 amide bonds. The van der Waals surface area contributed by atoms with Gasteiger partial charge in [-0.2, -0.15) is 5.26 Å². The zero-order valence-electron chi connectivity index (χ0n) is 14.2. The molecule has 0 spiro atoms. The van der Waals surface area contributed by atoms with E-state index in [-0.39, 0.29) is 6.10 Å². The van der Waals surface area contributed by atoms with E-state index in [9.17, 15) is 10.4 Å². The van der Waals surface area contributed by atoms with E-state index in [1.165, 1.54) is 38.5 Å². The van der Waals surface area contributed by atoms with Crippen LogP contribution in [0.15, 0.2) is 0 Å². The molecule has 0 saturated heterocycles. The molecule has 2 heteroatoms. The van der Waals surface area contributed by atoms with Gasteiger partial charge in [0, 0.05) is 0 Å². The van der Waals surface area contributed by atoms with Gasteiger partial charge in [0.2, 0.25) is 0 Å². The fourth-order valence-electron chi connectivity index (χ4n) is 7.29. The molecule has 2 unspecified atom stereocenters. The lowest BCUT2D eigenvalue weighted by atomic mass is 9.45. The fourth-order valence-corrected chi connectivity index (χ4v) is 7.29. The molecular formula is C20H31NO. The number of aliphatic hydroxyl groups is 1. The van der Waals surface area contributed by atoms with Crippen molar-refractivity contribution in [3.05, 3.63) is 0 Å². The summed E-state index contributed by atoms with van der Waals surface area (Å²) < 4.78 is 0. The van der Waals surface area contributed by atoms with Gasteiger partial charge in [-0.15, -0.1) is 0 Å². The second-order valence-corrected chi connectivity index (χ2v) is 9.48. The van der Waals surface area contributed by atoms with Crippen molar-refractivity contribution in [3.8, 4) is 6.07 Å². The van der Waals surface area contributed by atoms with Crippen LogP contribution in [0.25, 0.3) is 0 Å². The average molecular weight is 301 g/mol. The highest BCUT2D eigenvalue weighted by molar-refractivity contribution is 5.11. The second kappa shape index (κ2) is 4.97. The lowest BCUT2D eigenvalue weighted by Crippen LogP contribution is -2.52. The van der Waals surface area contributed by atoms with Crippen LogP contribution in [-0.4, -0.2) is 11.2 Å². The van der Waals surface area contributed by atoms with Gasteiger partial charge in [0.25, 0.3) is 0 Å². The highest BCUT2D eigenvalue weighted by Crippen LogP contribution is 2.66. The number of fused-ring (bicyclic) bond motifs is 4. The lowest BCUT2D eigenvalue weighted by molar-refractivity contribution is -0.116. The smallest absolute Gasteiger partial charge is 0.0661 e. The molecule has 8 atom stereocenters. The molecule has 22 heavy (non-hydrogen) atoms. The van der Waals surface area contributed by atoms with Gasteiger partial charge in [-0.1, -0.05) is 13.8 Å². The van der Waals surface area contributed by atoms with Crippen molar-refractivity contribution in [2.45, 2.75) is 77.7 Å². The third-order valence-corrected chi connectivity index (χ3v) is 8.74. The summed E-state index contributed by atoms with van der Waals surface area (Å²) in [6.45, 7) is 4.97. The molecule has 2 nitrogen and oxygen atoms in total. The van der Waals surface area contributed by atoms with Crippen molar-refractivity contribution >= 4 is 0 Å². The monoisotopic (exact) mass is 301 g/mol. The van der Waals surface area contributed by atoms with Crippen LogP contribution in [0.3, 0.4) is 0 Å². The maximum atomic E-state index is 10.1. The molecule has 0 aromatic heterocycles. The first-order valence-corrected chi connectivity index (χ1v) is 9.55. The van der Waals surface area contributed by atoms with Crippen molar-refractivity contribution in [2.75, 3.05) is 0 Å². The molecule has 4 fully saturated rings. The van der Waals surface area contributed by atoms with Crippen molar-refractivity contribution in [1.29, 1.82) is 5.26 Å². The first kappa shape index (κ1) is 15.0. The van der Waals surface area contributed by atoms with E-state index < -0.39 is 0 Å². The standard InChI is InChI=1S/C20H31NO/c1-19-8-7-17(22)9-14(19)4-3-13-11-20(2)15(10-18(13)19)5-6-16(20)12-21/h13-18,22H,3-11H2,1-2H3/t13-,14-,15?,16-,17+,18?,19-,20+/m1/s1. The maximum Gasteiger partial charge on any atom is 0.0661 e. The molecule has 0 aliphatic heterocycles. The molecule has 4 rings (SSSR count). The molecule has 1 N–H and O–H groups in total. The van der Waals surface area contributed by atoms with E-state index in [2.05, 4.69) is 19.9 Å². The van der Waals surface area contributed by atoms with Gasteiger partial charge in [0.05, 0.1) is 18.1 Å². The molecule has 4 aliphatic carbocycles. The summed E-state index contributed by atoms with van der Waals surface area (Å²) >= 11 is 0. The van der Waals surface area contributed by atoms with Crippen LogP contribution >= 0.6 is 0 Å². The molecule has 4 aliphatic rings. The number of hydrogen-bond donors (Lipinski definition) is 1. The largest absolute Gasteiger partial charge is 0.393 e. The van der Waals surface area contributed by atoms with Gasteiger partial charge < -0.3 is 5.11 Å². The Bertz CT molecular complexity index is 496. The predicted molar refractivity (Wildman–Crippen MR) is 86.8 cm³/mol. The van der Waals surface area contributed by atoms with Crippen LogP contribution in [0.2, 0.25) is 0 Å². The van der Waals surface area contributed by atoms with Crippen molar-refractivity contribution in [1.82, 2.24) is 0 Å². The van der Waals surface area contributed by atoms with Crippen LogP contribution in [0.4, 0.5) is 0 Å². The van der Waals surface area contributed by atoms with Crippen LogP contribution < -0.4 is 0 Å². The van der Waals surface area contributed by atoms with Crippen LogP contribution in [0.5, 0.6) is 0 Å². The van der Waals surface area contributed by atoms with E-state index in [0.29, 0.717) is 16.7 Å². The third kappa shape index (κ3) is 1.94. The maximum absolute atomic E-state index is 10.1. The minimum atomic E-state index is -0.0436. The summed E-state index contributed by atoms with van der Waals surface area (Å²) in [5.74, 6) is 3.52. The van der Waals surface area contributed by atoms with Gasteiger partial charge in [0.15, 0.2) is 0 Å². The Kier molecular flexibility index (Phi) is 3.39. The van der Waals surface area contributed by atoms with Crippen LogP contribution in [-0.2, 0) is 0 Å². The van der Waals surface area contributed by atoms with E-state index in [1.807, 2.05) is 0 Å². The first-order chi connectivity index (χ1) is 10.5. The second-order valence-electron chi connectivity index (χ2n) is 9.48. The first-order valence-electron chi connectivity index (χ1n) is 9.55. The van der Waals surface area contributed by atoms with Crippen molar-refractivity contribution < 1.29 is 5.11 Å². The zero-order chi connectivity index (χ0) is 15.5. The number of nitrogens with zero attached hydrogens (tertiary/aromatic N) is 1. The number of nitriles is 1. The highest BCUT2D eigenvalue weighted by atomic mass is 16.3. The molecule has 0 aromatic rings. The quantitative estimate of drug-likeness (QED) is 0.714. The Morgan fingerprint density at radius 1 is 0.955 bits per heavy atom. The minimum absolute atomic E-state index is 0.0436. The SMILES string of the molecule is C[C@@]12CC[C@H](O)C[C@H]1CC[C@@H]1C[C@@]3(C)C(CC[C@@H]3C#N)CC12. The fraction of sp³-hybridized carbons (Fsp3) is 0.950. The van der Waals surface area contributed by atoms with Gasteiger partial charge in [-0.3, -0.25) is 0 Å². The van der Waals surface area contributed by atoms with E-state index in [0.717, 1.165) is 42.9 Å². The Hall–Kier alpha value is -0.550. The zero-order valence-corrected chi connectivity index (χ0v) is 14.2. The Morgan fingerprint density at radius 2 is 1.68 bits per heavy atom. The molecular weight excluding hydrogens is 270 g/mol. The summed E-state index contributed by atoms with van der Waals surface area (Å²) in [6, 6.07) is 2.64. The Labute approximate surface area is 135 Å².